The van der Waals surface area contributed by atoms with Crippen LogP contribution in [0, 0.1) is 17.0 Å². The Bertz CT molecular complexity index is 1160. The zero-order chi connectivity index (χ0) is 22.9. The van der Waals surface area contributed by atoms with Crippen molar-refractivity contribution in [1.82, 2.24) is 5.43 Å². The highest BCUT2D eigenvalue weighted by Crippen LogP contribution is 2.17. The second kappa shape index (κ2) is 10.5. The summed E-state index contributed by atoms with van der Waals surface area (Å²) in [4.78, 5) is 34.3. The SMILES string of the molecule is Cc1ccccc1OCC(=O)N/N=C\c1cccc(OC(=O)c2ccc([N+](=O)[O-])cc2)c1. The van der Waals surface area contributed by atoms with Gasteiger partial charge in [0.2, 0.25) is 0 Å². The molecule has 0 fully saturated rings. The summed E-state index contributed by atoms with van der Waals surface area (Å²) in [5.74, 6) is -0.207. The quantitative estimate of drug-likeness (QED) is 0.190. The van der Waals surface area contributed by atoms with E-state index >= 15 is 0 Å². The number of nitro groups is 1. The molecule has 0 aliphatic heterocycles. The Hall–Kier alpha value is -4.53. The van der Waals surface area contributed by atoms with Gasteiger partial charge in [-0.2, -0.15) is 5.10 Å². The fourth-order valence-corrected chi connectivity index (χ4v) is 2.62. The molecule has 1 amide bonds. The number of ether oxygens (including phenoxy) is 2. The first-order chi connectivity index (χ1) is 15.4. The predicted octanol–water partition coefficient (Wildman–Crippen LogP) is 3.65. The van der Waals surface area contributed by atoms with Crippen LogP contribution in [0.4, 0.5) is 5.69 Å². The Labute approximate surface area is 183 Å². The van der Waals surface area contributed by atoms with Gasteiger partial charge in [0.1, 0.15) is 11.5 Å². The molecule has 32 heavy (non-hydrogen) atoms. The van der Waals surface area contributed by atoms with E-state index in [0.29, 0.717) is 11.3 Å². The molecule has 162 valence electrons. The van der Waals surface area contributed by atoms with Crippen molar-refractivity contribution in [3.63, 3.8) is 0 Å². The molecule has 0 radical (unpaired) electrons. The van der Waals surface area contributed by atoms with Crippen LogP contribution in [0.1, 0.15) is 21.5 Å². The Kier molecular flexibility index (Phi) is 7.26. The third kappa shape index (κ3) is 6.23. The van der Waals surface area contributed by atoms with Gasteiger partial charge in [-0.15, -0.1) is 0 Å². The van der Waals surface area contributed by atoms with Crippen LogP contribution in [0.15, 0.2) is 77.9 Å². The summed E-state index contributed by atoms with van der Waals surface area (Å²) in [6, 6.07) is 19.0. The number of esters is 1. The van der Waals surface area contributed by atoms with E-state index in [2.05, 4.69) is 10.5 Å². The van der Waals surface area contributed by atoms with E-state index in [-0.39, 0.29) is 23.6 Å². The Morgan fingerprint density at radius 2 is 1.81 bits per heavy atom. The molecule has 0 aromatic heterocycles. The molecule has 0 spiro atoms. The van der Waals surface area contributed by atoms with Crippen molar-refractivity contribution in [3.05, 3.63) is 99.6 Å². The summed E-state index contributed by atoms with van der Waals surface area (Å²) in [7, 11) is 0. The molecule has 0 saturated heterocycles. The van der Waals surface area contributed by atoms with Gasteiger partial charge >= 0.3 is 5.97 Å². The molecular weight excluding hydrogens is 414 g/mol. The highest BCUT2D eigenvalue weighted by molar-refractivity contribution is 5.91. The highest BCUT2D eigenvalue weighted by atomic mass is 16.6. The summed E-state index contributed by atoms with van der Waals surface area (Å²) >= 11 is 0. The van der Waals surface area contributed by atoms with Crippen LogP contribution in [0.3, 0.4) is 0 Å². The second-order valence-electron chi connectivity index (χ2n) is 6.61. The van der Waals surface area contributed by atoms with Gasteiger partial charge in [0.25, 0.3) is 11.6 Å². The molecule has 9 heteroatoms. The van der Waals surface area contributed by atoms with Crippen LogP contribution < -0.4 is 14.9 Å². The van der Waals surface area contributed by atoms with Gasteiger partial charge in [-0.05, 0) is 48.4 Å². The summed E-state index contributed by atoms with van der Waals surface area (Å²) < 4.78 is 10.7. The van der Waals surface area contributed by atoms with Gasteiger partial charge in [0.15, 0.2) is 6.61 Å². The molecule has 9 nitrogen and oxygen atoms in total. The van der Waals surface area contributed by atoms with Crippen molar-refractivity contribution in [2.75, 3.05) is 6.61 Å². The average molecular weight is 433 g/mol. The van der Waals surface area contributed by atoms with Gasteiger partial charge in [0, 0.05) is 12.1 Å². The Balaban J connectivity index is 1.53. The first-order valence-corrected chi connectivity index (χ1v) is 9.49. The Morgan fingerprint density at radius 1 is 1.06 bits per heavy atom. The van der Waals surface area contributed by atoms with E-state index in [1.807, 2.05) is 25.1 Å². The lowest BCUT2D eigenvalue weighted by Crippen LogP contribution is -2.24. The molecule has 0 aliphatic rings. The number of non-ortho nitro benzene ring substituents is 1. The molecule has 0 saturated carbocycles. The van der Waals surface area contributed by atoms with Gasteiger partial charge in [-0.3, -0.25) is 14.9 Å². The number of rotatable bonds is 8. The molecule has 0 bridgehead atoms. The van der Waals surface area contributed by atoms with Crippen molar-refractivity contribution < 1.29 is 24.0 Å². The minimum absolute atomic E-state index is 0.119. The number of nitro benzene ring substituents is 1. The van der Waals surface area contributed by atoms with E-state index in [1.54, 1.807) is 30.3 Å². The van der Waals surface area contributed by atoms with Crippen molar-refractivity contribution >= 4 is 23.8 Å². The van der Waals surface area contributed by atoms with Gasteiger partial charge in [-0.1, -0.05) is 30.3 Å². The lowest BCUT2D eigenvalue weighted by atomic mass is 10.2. The van der Waals surface area contributed by atoms with E-state index in [4.69, 9.17) is 9.47 Å². The molecule has 0 aliphatic carbocycles. The number of hydrogen-bond acceptors (Lipinski definition) is 7. The number of nitrogens with zero attached hydrogens (tertiary/aromatic N) is 2. The minimum Gasteiger partial charge on any atom is -0.483 e. The largest absolute Gasteiger partial charge is 0.483 e. The first-order valence-electron chi connectivity index (χ1n) is 9.49. The molecule has 3 rings (SSSR count). The first kappa shape index (κ1) is 22.2. The van der Waals surface area contributed by atoms with Crippen LogP contribution in [-0.4, -0.2) is 29.6 Å². The van der Waals surface area contributed by atoms with Crippen molar-refractivity contribution in [3.8, 4) is 11.5 Å². The van der Waals surface area contributed by atoms with Crippen molar-refractivity contribution in [2.45, 2.75) is 6.92 Å². The lowest BCUT2D eigenvalue weighted by molar-refractivity contribution is -0.384. The number of benzene rings is 3. The van der Waals surface area contributed by atoms with Crippen LogP contribution in [-0.2, 0) is 4.79 Å². The molecule has 0 atom stereocenters. The number of hydrazone groups is 1. The number of carbonyl (C=O) groups excluding carboxylic acids is 2. The molecule has 0 heterocycles. The van der Waals surface area contributed by atoms with E-state index in [0.717, 1.165) is 5.56 Å². The molecule has 3 aromatic rings. The molecule has 1 N–H and O–H groups in total. The summed E-state index contributed by atoms with van der Waals surface area (Å²) in [6.45, 7) is 1.70. The van der Waals surface area contributed by atoms with Gasteiger partial charge < -0.3 is 9.47 Å². The number of aryl methyl sites for hydroxylation is 1. The highest BCUT2D eigenvalue weighted by Gasteiger charge is 2.11. The molecule has 0 unspecified atom stereocenters. The average Bonchev–Trinajstić information content (AvgIpc) is 2.79. The van der Waals surface area contributed by atoms with Crippen molar-refractivity contribution in [1.29, 1.82) is 0 Å². The van der Waals surface area contributed by atoms with Gasteiger partial charge in [0.05, 0.1) is 16.7 Å². The summed E-state index contributed by atoms with van der Waals surface area (Å²) in [5.41, 5.74) is 3.92. The number of amides is 1. The fraction of sp³-hybridized carbons (Fsp3) is 0.0870. The monoisotopic (exact) mass is 433 g/mol. The van der Waals surface area contributed by atoms with Gasteiger partial charge in [-0.25, -0.2) is 10.2 Å². The summed E-state index contributed by atoms with van der Waals surface area (Å²) in [6.07, 6.45) is 1.40. The van der Waals surface area contributed by atoms with Crippen molar-refractivity contribution in [2.24, 2.45) is 5.10 Å². The topological polar surface area (TPSA) is 120 Å². The van der Waals surface area contributed by atoms with Crippen LogP contribution in [0.25, 0.3) is 0 Å². The molecule has 3 aromatic carbocycles. The smallest absolute Gasteiger partial charge is 0.343 e. The summed E-state index contributed by atoms with van der Waals surface area (Å²) in [5, 5.41) is 14.6. The number of hydrogen-bond donors (Lipinski definition) is 1. The zero-order valence-electron chi connectivity index (χ0n) is 17.1. The number of nitrogens with one attached hydrogen (secondary N) is 1. The lowest BCUT2D eigenvalue weighted by Gasteiger charge is -2.07. The minimum atomic E-state index is -0.657. The molecular formula is C23H19N3O6. The van der Waals surface area contributed by atoms with E-state index in [1.165, 1.54) is 30.5 Å². The second-order valence-corrected chi connectivity index (χ2v) is 6.61. The van der Waals surface area contributed by atoms with E-state index in [9.17, 15) is 19.7 Å². The maximum Gasteiger partial charge on any atom is 0.343 e. The van der Waals surface area contributed by atoms with Crippen LogP contribution >= 0.6 is 0 Å². The third-order valence-electron chi connectivity index (χ3n) is 4.24. The zero-order valence-corrected chi connectivity index (χ0v) is 17.1. The van der Waals surface area contributed by atoms with Crippen LogP contribution in [0.5, 0.6) is 11.5 Å². The van der Waals surface area contributed by atoms with E-state index < -0.39 is 16.8 Å². The third-order valence-corrected chi connectivity index (χ3v) is 4.24. The normalized spacial score (nSPS) is 10.5. The number of carbonyl (C=O) groups is 2. The maximum absolute atomic E-state index is 12.2. The number of para-hydroxylation sites is 1. The fourth-order valence-electron chi connectivity index (χ4n) is 2.62. The van der Waals surface area contributed by atoms with Crippen LogP contribution in [0.2, 0.25) is 0 Å². The standard InChI is InChI=1S/C23H19N3O6/c1-16-5-2-3-8-21(16)31-15-22(27)25-24-14-17-6-4-7-20(13-17)32-23(28)18-9-11-19(12-10-18)26(29)30/h2-14H,15H2,1H3,(H,25,27)/b24-14-. The maximum atomic E-state index is 12.2. The Morgan fingerprint density at radius 3 is 2.53 bits per heavy atom. The predicted molar refractivity (Wildman–Crippen MR) is 117 cm³/mol.